The maximum atomic E-state index is 12.5. The number of fused-ring (bicyclic) bond motifs is 1. The van der Waals surface area contributed by atoms with E-state index in [-0.39, 0.29) is 17.0 Å². The van der Waals surface area contributed by atoms with Gasteiger partial charge in [-0.3, -0.25) is 14.4 Å². The van der Waals surface area contributed by atoms with E-state index < -0.39 is 17.9 Å². The molecule has 0 saturated carbocycles. The summed E-state index contributed by atoms with van der Waals surface area (Å²) in [4.78, 5) is 50.9. The molecule has 7 heteroatoms. The summed E-state index contributed by atoms with van der Waals surface area (Å²) in [5.41, 5.74) is 1.07. The number of aromatic amines is 1. The molecule has 0 unspecified atom stereocenters. The number of amides is 1. The number of ketones is 1. The van der Waals surface area contributed by atoms with E-state index in [1.165, 1.54) is 26.0 Å². The summed E-state index contributed by atoms with van der Waals surface area (Å²) in [7, 11) is 0. The van der Waals surface area contributed by atoms with Crippen LogP contribution in [0.3, 0.4) is 0 Å². The minimum absolute atomic E-state index is 0.0237. The maximum Gasteiger partial charge on any atom is 0.355 e. The van der Waals surface area contributed by atoms with Crippen molar-refractivity contribution in [3.05, 3.63) is 76.1 Å². The van der Waals surface area contributed by atoms with E-state index in [9.17, 15) is 19.2 Å². The largest absolute Gasteiger partial charge is 0.450 e. The summed E-state index contributed by atoms with van der Waals surface area (Å²) >= 11 is 0. The summed E-state index contributed by atoms with van der Waals surface area (Å²) in [6.07, 6.45) is -1.05. The predicted octanol–water partition coefficient (Wildman–Crippen LogP) is 2.91. The monoisotopic (exact) mass is 378 g/mol. The van der Waals surface area contributed by atoms with Crippen LogP contribution < -0.4 is 10.7 Å². The Hall–Kier alpha value is -3.74. The molecule has 1 amide bonds. The van der Waals surface area contributed by atoms with Gasteiger partial charge in [-0.1, -0.05) is 12.1 Å². The van der Waals surface area contributed by atoms with Crippen molar-refractivity contribution in [2.45, 2.75) is 20.0 Å². The highest BCUT2D eigenvalue weighted by atomic mass is 16.5. The molecule has 0 aliphatic heterocycles. The average molecular weight is 378 g/mol. The van der Waals surface area contributed by atoms with Gasteiger partial charge in [-0.15, -0.1) is 0 Å². The Morgan fingerprint density at radius 1 is 1.04 bits per heavy atom. The fourth-order valence-corrected chi connectivity index (χ4v) is 2.74. The molecule has 0 spiro atoms. The van der Waals surface area contributed by atoms with Crippen molar-refractivity contribution in [1.82, 2.24) is 4.98 Å². The van der Waals surface area contributed by atoms with Gasteiger partial charge in [0.05, 0.1) is 0 Å². The van der Waals surface area contributed by atoms with Gasteiger partial charge in [-0.25, -0.2) is 4.79 Å². The lowest BCUT2D eigenvalue weighted by Crippen LogP contribution is -2.25. The fraction of sp³-hybridized carbons (Fsp3) is 0.143. The van der Waals surface area contributed by atoms with E-state index in [4.69, 9.17) is 4.74 Å². The number of nitrogens with one attached hydrogen (secondary N) is 2. The number of para-hydroxylation sites is 1. The second-order valence-electron chi connectivity index (χ2n) is 6.26. The lowest BCUT2D eigenvalue weighted by molar-refractivity contribution is -0.114. The fourth-order valence-electron chi connectivity index (χ4n) is 2.74. The maximum absolute atomic E-state index is 12.5. The number of anilines is 1. The van der Waals surface area contributed by atoms with Gasteiger partial charge in [0.25, 0.3) is 0 Å². The molecule has 1 atom stereocenters. The summed E-state index contributed by atoms with van der Waals surface area (Å²) in [5, 5.41) is 3.06. The molecule has 1 aromatic heterocycles. The number of H-pyrrole nitrogens is 1. The lowest BCUT2D eigenvalue weighted by atomic mass is 10.1. The van der Waals surface area contributed by atoms with Crippen molar-refractivity contribution in [2.24, 2.45) is 0 Å². The van der Waals surface area contributed by atoms with Gasteiger partial charge in [-0.05, 0) is 43.3 Å². The Bertz CT molecular complexity index is 1120. The van der Waals surface area contributed by atoms with Gasteiger partial charge in [0.2, 0.25) is 11.7 Å². The first kappa shape index (κ1) is 19.0. The lowest BCUT2D eigenvalue weighted by Gasteiger charge is -2.13. The Morgan fingerprint density at radius 3 is 2.39 bits per heavy atom. The van der Waals surface area contributed by atoms with E-state index in [0.29, 0.717) is 22.2 Å². The third-order valence-corrected chi connectivity index (χ3v) is 4.10. The number of hydrogen-bond acceptors (Lipinski definition) is 5. The summed E-state index contributed by atoms with van der Waals surface area (Å²) in [5.74, 6) is -1.41. The van der Waals surface area contributed by atoms with Crippen LogP contribution in [0.1, 0.15) is 34.7 Å². The number of hydrogen-bond donors (Lipinski definition) is 2. The predicted molar refractivity (Wildman–Crippen MR) is 105 cm³/mol. The molecule has 0 fully saturated rings. The molecule has 2 N–H and O–H groups in total. The molecule has 0 saturated heterocycles. The quantitative estimate of drug-likeness (QED) is 0.525. The van der Waals surface area contributed by atoms with Crippen LogP contribution in [-0.4, -0.2) is 28.7 Å². The number of ether oxygens (including phenoxy) is 1. The van der Waals surface area contributed by atoms with Gasteiger partial charge < -0.3 is 15.0 Å². The van der Waals surface area contributed by atoms with E-state index in [1.54, 1.807) is 36.4 Å². The highest BCUT2D eigenvalue weighted by Gasteiger charge is 2.21. The first-order valence-corrected chi connectivity index (χ1v) is 8.60. The van der Waals surface area contributed by atoms with Crippen LogP contribution in [0.25, 0.3) is 10.9 Å². The zero-order valence-electron chi connectivity index (χ0n) is 15.3. The molecule has 0 radical (unpaired) electrons. The molecule has 142 valence electrons. The first-order valence-electron chi connectivity index (χ1n) is 8.60. The number of carbonyl (C=O) groups is 3. The zero-order chi connectivity index (χ0) is 20.3. The summed E-state index contributed by atoms with van der Waals surface area (Å²) in [6, 6.07) is 14.2. The van der Waals surface area contributed by atoms with Crippen LogP contribution in [-0.2, 0) is 9.53 Å². The second kappa shape index (κ2) is 7.87. The van der Waals surface area contributed by atoms with Crippen LogP contribution in [0.4, 0.5) is 5.69 Å². The van der Waals surface area contributed by atoms with Crippen molar-refractivity contribution in [1.29, 1.82) is 0 Å². The Morgan fingerprint density at radius 2 is 1.71 bits per heavy atom. The van der Waals surface area contributed by atoms with Crippen LogP contribution >= 0.6 is 0 Å². The third kappa shape index (κ3) is 4.15. The van der Waals surface area contributed by atoms with E-state index in [1.807, 2.05) is 0 Å². The van der Waals surface area contributed by atoms with E-state index in [0.717, 1.165) is 6.07 Å². The number of Topliss-reactive ketones (excluding diaryl/α,β-unsaturated/α-hetero) is 1. The van der Waals surface area contributed by atoms with Gasteiger partial charge in [0.15, 0.2) is 11.5 Å². The summed E-state index contributed by atoms with van der Waals surface area (Å²) in [6.45, 7) is 2.85. The van der Waals surface area contributed by atoms with Gasteiger partial charge in [-0.2, -0.15) is 0 Å². The van der Waals surface area contributed by atoms with Crippen molar-refractivity contribution in [3.8, 4) is 0 Å². The van der Waals surface area contributed by atoms with Crippen molar-refractivity contribution in [2.75, 3.05) is 5.32 Å². The second-order valence-corrected chi connectivity index (χ2v) is 6.26. The minimum Gasteiger partial charge on any atom is -0.450 e. The number of pyridine rings is 1. The molecule has 0 aliphatic carbocycles. The molecular weight excluding hydrogens is 360 g/mol. The Balaban J connectivity index is 1.74. The number of carbonyl (C=O) groups excluding carboxylic acids is 3. The zero-order valence-corrected chi connectivity index (χ0v) is 15.3. The first-order chi connectivity index (χ1) is 13.3. The van der Waals surface area contributed by atoms with Crippen LogP contribution in [0.15, 0.2) is 59.4 Å². The number of rotatable bonds is 5. The molecule has 7 nitrogen and oxygen atoms in total. The molecule has 2 aromatic carbocycles. The number of benzene rings is 2. The highest BCUT2D eigenvalue weighted by molar-refractivity contribution is 6.02. The van der Waals surface area contributed by atoms with Crippen molar-refractivity contribution >= 4 is 34.3 Å². The molecule has 1 heterocycles. The molecule has 0 aliphatic rings. The Kier molecular flexibility index (Phi) is 5.35. The van der Waals surface area contributed by atoms with Gasteiger partial charge in [0, 0.05) is 35.1 Å². The average Bonchev–Trinajstić information content (AvgIpc) is 2.67. The van der Waals surface area contributed by atoms with Crippen molar-refractivity contribution < 1.29 is 19.1 Å². The smallest absolute Gasteiger partial charge is 0.355 e. The van der Waals surface area contributed by atoms with Crippen molar-refractivity contribution in [3.63, 3.8) is 0 Å². The van der Waals surface area contributed by atoms with Crippen LogP contribution in [0.2, 0.25) is 0 Å². The minimum atomic E-state index is -1.05. The van der Waals surface area contributed by atoms with Gasteiger partial charge in [0.1, 0.15) is 5.69 Å². The molecule has 3 rings (SSSR count). The highest BCUT2D eigenvalue weighted by Crippen LogP contribution is 2.14. The topological polar surface area (TPSA) is 105 Å². The molecular formula is C21H18N2O5. The standard InChI is InChI=1S/C21H18N2O5/c1-12(20(26)14-7-9-15(10-8-14)22-13(2)24)28-21(27)18-11-19(25)16-5-3-4-6-17(16)23-18/h3-12H,1-2H3,(H,22,24)(H,23,25)/t12-/m0/s1. The molecule has 28 heavy (non-hydrogen) atoms. The SMILES string of the molecule is CC(=O)Nc1ccc(C(=O)[C@H](C)OC(=O)c2cc(=O)c3ccccc3[nH]2)cc1. The summed E-state index contributed by atoms with van der Waals surface area (Å²) < 4.78 is 5.22. The molecule has 0 bridgehead atoms. The number of aromatic nitrogens is 1. The van der Waals surface area contributed by atoms with Crippen LogP contribution in [0, 0.1) is 0 Å². The van der Waals surface area contributed by atoms with Crippen LogP contribution in [0.5, 0.6) is 0 Å². The normalized spacial score (nSPS) is 11.6. The van der Waals surface area contributed by atoms with Gasteiger partial charge >= 0.3 is 5.97 Å². The number of esters is 1. The van der Waals surface area contributed by atoms with E-state index >= 15 is 0 Å². The third-order valence-electron chi connectivity index (χ3n) is 4.10. The Labute approximate surface area is 160 Å². The molecule has 3 aromatic rings. The van der Waals surface area contributed by atoms with E-state index in [2.05, 4.69) is 10.3 Å².